The minimum atomic E-state index is -3.47. The van der Waals surface area contributed by atoms with E-state index in [9.17, 15) is 8.42 Å². The molecule has 8 heteroatoms. The van der Waals surface area contributed by atoms with E-state index in [4.69, 9.17) is 4.74 Å². The fourth-order valence-corrected chi connectivity index (χ4v) is 3.50. The molecule has 3 N–H and O–H groups in total. The van der Waals surface area contributed by atoms with Crippen LogP contribution in [0.2, 0.25) is 0 Å². The van der Waals surface area contributed by atoms with Crippen LogP contribution in [0, 0.1) is 6.92 Å². The number of ether oxygens (including phenoxy) is 1. The second kappa shape index (κ2) is 10.3. The third kappa shape index (κ3) is 6.76. The predicted molar refractivity (Wildman–Crippen MR) is 117 cm³/mol. The molecule has 0 aliphatic carbocycles. The Hall–Kier alpha value is -2.58. The number of sulfonamides is 1. The number of nitrogens with one attached hydrogen (secondary N) is 3. The number of rotatable bonds is 8. The maximum absolute atomic E-state index is 12.0. The van der Waals surface area contributed by atoms with E-state index in [1.165, 1.54) is 7.05 Å². The lowest BCUT2D eigenvalue weighted by Crippen LogP contribution is -2.36. The second-order valence-corrected chi connectivity index (χ2v) is 8.80. The van der Waals surface area contributed by atoms with E-state index in [-0.39, 0.29) is 11.0 Å². The molecule has 2 aromatic carbocycles. The van der Waals surface area contributed by atoms with E-state index >= 15 is 0 Å². The molecule has 158 valence electrons. The van der Waals surface area contributed by atoms with Gasteiger partial charge in [-0.25, -0.2) is 13.1 Å². The van der Waals surface area contributed by atoms with Gasteiger partial charge in [0.15, 0.2) is 5.96 Å². The van der Waals surface area contributed by atoms with Crippen molar-refractivity contribution in [2.45, 2.75) is 44.9 Å². The fourth-order valence-electron chi connectivity index (χ4n) is 2.70. The summed E-state index contributed by atoms with van der Waals surface area (Å²) in [6.07, 6.45) is 0.0918. The molecular formula is C21H30N4O3S. The van der Waals surface area contributed by atoms with Crippen LogP contribution in [0.1, 0.15) is 30.5 Å². The van der Waals surface area contributed by atoms with Crippen molar-refractivity contribution in [3.8, 4) is 5.75 Å². The largest absolute Gasteiger partial charge is 0.491 e. The molecule has 0 aromatic heterocycles. The Kier molecular flexibility index (Phi) is 8.04. The van der Waals surface area contributed by atoms with Gasteiger partial charge in [0, 0.05) is 25.7 Å². The predicted octanol–water partition coefficient (Wildman–Crippen LogP) is 2.56. The second-order valence-electron chi connectivity index (χ2n) is 6.91. The summed E-state index contributed by atoms with van der Waals surface area (Å²) in [6.45, 7) is 7.03. The van der Waals surface area contributed by atoms with Gasteiger partial charge in [0.05, 0.1) is 11.0 Å². The zero-order chi connectivity index (χ0) is 21.4. The van der Waals surface area contributed by atoms with Crippen LogP contribution in [0.4, 0.5) is 0 Å². The van der Waals surface area contributed by atoms with E-state index in [1.807, 2.05) is 45.0 Å². The van der Waals surface area contributed by atoms with Crippen LogP contribution in [-0.2, 0) is 23.1 Å². The molecule has 0 radical (unpaired) electrons. The molecule has 29 heavy (non-hydrogen) atoms. The summed E-state index contributed by atoms with van der Waals surface area (Å²) in [7, 11) is -0.377. The Labute approximate surface area is 173 Å². The van der Waals surface area contributed by atoms with Crippen molar-refractivity contribution >= 4 is 16.0 Å². The smallest absolute Gasteiger partial charge is 0.240 e. The van der Waals surface area contributed by atoms with Crippen molar-refractivity contribution in [3.05, 3.63) is 59.2 Å². The number of guanidine groups is 1. The van der Waals surface area contributed by atoms with Crippen molar-refractivity contribution < 1.29 is 13.2 Å². The van der Waals surface area contributed by atoms with Gasteiger partial charge in [0.1, 0.15) is 5.75 Å². The lowest BCUT2D eigenvalue weighted by Gasteiger charge is -2.17. The number of benzene rings is 2. The fraction of sp³-hybridized carbons (Fsp3) is 0.381. The van der Waals surface area contributed by atoms with Crippen LogP contribution in [0.3, 0.4) is 0 Å². The number of aryl methyl sites for hydroxylation is 1. The summed E-state index contributed by atoms with van der Waals surface area (Å²) in [5.41, 5.74) is 3.01. The van der Waals surface area contributed by atoms with Gasteiger partial charge in [-0.3, -0.25) is 4.99 Å². The molecule has 2 rings (SSSR count). The Morgan fingerprint density at radius 2 is 1.83 bits per heavy atom. The molecule has 0 amide bonds. The first-order chi connectivity index (χ1) is 13.7. The molecule has 0 fully saturated rings. The minimum absolute atomic E-state index is 0.0918. The molecule has 0 aliphatic heterocycles. The van der Waals surface area contributed by atoms with Gasteiger partial charge in [-0.05, 0) is 57.1 Å². The highest BCUT2D eigenvalue weighted by Gasteiger charge is 2.12. The highest BCUT2D eigenvalue weighted by molar-refractivity contribution is 7.89. The highest BCUT2D eigenvalue weighted by atomic mass is 32.2. The number of hydrogen-bond acceptors (Lipinski definition) is 4. The molecule has 0 unspecified atom stereocenters. The summed E-state index contributed by atoms with van der Waals surface area (Å²) < 4.78 is 32.2. The van der Waals surface area contributed by atoms with Gasteiger partial charge in [0.25, 0.3) is 0 Å². The maximum atomic E-state index is 12.0. The molecule has 0 spiro atoms. The summed E-state index contributed by atoms with van der Waals surface area (Å²) in [5, 5.41) is 6.48. The first kappa shape index (κ1) is 22.7. The monoisotopic (exact) mass is 418 g/mol. The quantitative estimate of drug-likeness (QED) is 0.453. The molecule has 0 heterocycles. The summed E-state index contributed by atoms with van der Waals surface area (Å²) >= 11 is 0. The van der Waals surface area contributed by atoms with Gasteiger partial charge in [0.2, 0.25) is 10.0 Å². The SMILES string of the molecule is CN=C(NCc1cccc(S(=O)(=O)NC)c1)NCc1ccc(C)cc1OC(C)C. The van der Waals surface area contributed by atoms with E-state index in [0.717, 1.165) is 22.4 Å². The number of nitrogens with zero attached hydrogens (tertiary/aromatic N) is 1. The normalized spacial score (nSPS) is 12.1. The van der Waals surface area contributed by atoms with Crippen molar-refractivity contribution in [3.63, 3.8) is 0 Å². The van der Waals surface area contributed by atoms with Gasteiger partial charge < -0.3 is 15.4 Å². The molecule has 0 bridgehead atoms. The van der Waals surface area contributed by atoms with Crippen LogP contribution in [-0.4, -0.2) is 34.6 Å². The third-order valence-electron chi connectivity index (χ3n) is 4.19. The standard InChI is InChI=1S/C21H30N4O3S/c1-15(2)28-20-11-16(3)9-10-18(20)14-25-21(22-4)24-13-17-7-6-8-19(12-17)29(26,27)23-5/h6-12,15,23H,13-14H2,1-5H3,(H2,22,24,25). The van der Waals surface area contributed by atoms with Crippen molar-refractivity contribution in [1.29, 1.82) is 0 Å². The van der Waals surface area contributed by atoms with Crippen LogP contribution in [0.5, 0.6) is 5.75 Å². The van der Waals surface area contributed by atoms with E-state index < -0.39 is 10.0 Å². The Bertz CT molecular complexity index is 956. The summed E-state index contributed by atoms with van der Waals surface area (Å²) in [5.74, 6) is 1.47. The van der Waals surface area contributed by atoms with Crippen LogP contribution in [0.25, 0.3) is 0 Å². The van der Waals surface area contributed by atoms with E-state index in [2.05, 4.69) is 20.3 Å². The minimum Gasteiger partial charge on any atom is -0.491 e. The van der Waals surface area contributed by atoms with Crippen LogP contribution < -0.4 is 20.1 Å². The highest BCUT2D eigenvalue weighted by Crippen LogP contribution is 2.21. The molecule has 0 saturated carbocycles. The third-order valence-corrected chi connectivity index (χ3v) is 5.60. The van der Waals surface area contributed by atoms with Gasteiger partial charge >= 0.3 is 0 Å². The molecule has 0 aliphatic rings. The van der Waals surface area contributed by atoms with Crippen molar-refractivity contribution in [1.82, 2.24) is 15.4 Å². The average Bonchev–Trinajstić information content (AvgIpc) is 2.69. The first-order valence-electron chi connectivity index (χ1n) is 9.48. The number of aliphatic imine (C=N–C) groups is 1. The maximum Gasteiger partial charge on any atom is 0.240 e. The lowest BCUT2D eigenvalue weighted by molar-refractivity contribution is 0.239. The van der Waals surface area contributed by atoms with Crippen LogP contribution >= 0.6 is 0 Å². The first-order valence-corrected chi connectivity index (χ1v) is 11.0. The molecule has 2 aromatic rings. The lowest BCUT2D eigenvalue weighted by atomic mass is 10.1. The number of hydrogen-bond donors (Lipinski definition) is 3. The van der Waals surface area contributed by atoms with E-state index in [1.54, 1.807) is 25.2 Å². The van der Waals surface area contributed by atoms with Crippen LogP contribution in [0.15, 0.2) is 52.4 Å². The van der Waals surface area contributed by atoms with Crippen molar-refractivity contribution in [2.24, 2.45) is 4.99 Å². The van der Waals surface area contributed by atoms with E-state index in [0.29, 0.717) is 19.0 Å². The zero-order valence-electron chi connectivity index (χ0n) is 17.6. The Balaban J connectivity index is 2.02. The van der Waals surface area contributed by atoms with Gasteiger partial charge in [-0.1, -0.05) is 24.3 Å². The Morgan fingerprint density at radius 1 is 1.10 bits per heavy atom. The molecule has 0 atom stereocenters. The van der Waals surface area contributed by atoms with Gasteiger partial charge in [-0.2, -0.15) is 0 Å². The molecule has 0 saturated heterocycles. The molecular weight excluding hydrogens is 388 g/mol. The van der Waals surface area contributed by atoms with Crippen molar-refractivity contribution in [2.75, 3.05) is 14.1 Å². The van der Waals surface area contributed by atoms with Gasteiger partial charge in [-0.15, -0.1) is 0 Å². The summed E-state index contributed by atoms with van der Waals surface area (Å²) in [4.78, 5) is 4.47. The molecule has 7 nitrogen and oxygen atoms in total. The topological polar surface area (TPSA) is 91.8 Å². The zero-order valence-corrected chi connectivity index (χ0v) is 18.4. The average molecular weight is 419 g/mol. The Morgan fingerprint density at radius 3 is 2.48 bits per heavy atom. The summed E-state index contributed by atoms with van der Waals surface area (Å²) in [6, 6.07) is 12.9.